The summed E-state index contributed by atoms with van der Waals surface area (Å²) in [5.74, 6) is -2.56. The van der Waals surface area contributed by atoms with Crippen LogP contribution in [0.15, 0.2) is 91.0 Å². The molecule has 48 heavy (non-hydrogen) atoms. The highest BCUT2D eigenvalue weighted by molar-refractivity contribution is 5.95. The number of ether oxygens (including phenoxy) is 1. The first-order valence-corrected chi connectivity index (χ1v) is 16.3. The van der Waals surface area contributed by atoms with Gasteiger partial charge >= 0.3 is 5.97 Å². The van der Waals surface area contributed by atoms with Gasteiger partial charge < -0.3 is 25.2 Å². The Kier molecular flexibility index (Phi) is 14.3. The molecule has 4 amide bonds. The molecule has 0 aliphatic heterocycles. The van der Waals surface area contributed by atoms with Crippen molar-refractivity contribution in [1.29, 1.82) is 0 Å². The number of likely N-dealkylation sites (N-methyl/N-ethyl adjacent to an activating group) is 2. The molecule has 0 spiro atoms. The molecule has 10 nitrogen and oxygen atoms in total. The summed E-state index contributed by atoms with van der Waals surface area (Å²) < 4.78 is 5.08. The van der Waals surface area contributed by atoms with E-state index in [1.54, 1.807) is 7.05 Å². The summed E-state index contributed by atoms with van der Waals surface area (Å²) in [5, 5.41) is 5.69. The third kappa shape index (κ3) is 10.5. The molecule has 0 aliphatic rings. The van der Waals surface area contributed by atoms with Crippen LogP contribution in [0.4, 0.5) is 0 Å². The number of carbonyl (C=O) groups is 5. The van der Waals surface area contributed by atoms with Crippen molar-refractivity contribution in [3.63, 3.8) is 0 Å². The number of methoxy groups -OCH3 is 1. The second kappa shape index (κ2) is 18.4. The zero-order valence-electron chi connectivity index (χ0n) is 28.7. The smallest absolute Gasteiger partial charge is 0.328 e. The molecule has 0 fully saturated rings. The molecule has 0 aromatic heterocycles. The summed E-state index contributed by atoms with van der Waals surface area (Å²) in [6, 6.07) is 24.0. The highest BCUT2D eigenvalue weighted by Gasteiger charge is 2.37. The van der Waals surface area contributed by atoms with E-state index in [0.717, 1.165) is 16.7 Å². The summed E-state index contributed by atoms with van der Waals surface area (Å²) in [6.45, 7) is 5.15. The second-order valence-electron chi connectivity index (χ2n) is 12.1. The molecule has 3 aromatic carbocycles. The molecule has 2 N–H and O–H groups in total. The zero-order chi connectivity index (χ0) is 35.2. The van der Waals surface area contributed by atoms with Crippen LogP contribution in [0.25, 0.3) is 0 Å². The molecule has 0 heterocycles. The lowest BCUT2D eigenvalue weighted by atomic mass is 9.96. The number of carbonyl (C=O) groups excluding carboxylic acids is 5. The SMILES string of the molecule is CC[C@H](C)[C@H](NC(C)=O)C(=O)N(C)[C@@H](Cc1ccccc1)C(=O)N[C@@H](Cc1ccccc1)C(=O)N(C)[C@@H](Cc1ccccc1)C(=O)OC. The normalized spacial score (nSPS) is 14.0. The van der Waals surface area contributed by atoms with Crippen molar-refractivity contribution >= 4 is 29.6 Å². The summed E-state index contributed by atoms with van der Waals surface area (Å²) >= 11 is 0. The Labute approximate surface area is 283 Å². The van der Waals surface area contributed by atoms with E-state index in [2.05, 4.69) is 10.6 Å². The van der Waals surface area contributed by atoms with Gasteiger partial charge in [0.2, 0.25) is 23.6 Å². The number of nitrogens with zero attached hydrogens (tertiary/aromatic N) is 2. The number of hydrogen-bond donors (Lipinski definition) is 2. The lowest BCUT2D eigenvalue weighted by molar-refractivity contribution is -0.153. The maximum Gasteiger partial charge on any atom is 0.328 e. The lowest BCUT2D eigenvalue weighted by Gasteiger charge is -2.34. The first kappa shape index (κ1) is 37.5. The molecule has 0 saturated heterocycles. The van der Waals surface area contributed by atoms with Crippen LogP contribution in [-0.2, 0) is 48.0 Å². The number of hydrogen-bond acceptors (Lipinski definition) is 6. The minimum atomic E-state index is -1.07. The number of amides is 4. The van der Waals surface area contributed by atoms with Gasteiger partial charge in [-0.25, -0.2) is 4.79 Å². The molecule has 3 aromatic rings. The standard InChI is InChI=1S/C38H48N4O6/c1-7-26(2)34(39-27(3)43)37(46)41(4)32(24-29-19-13-9-14-20-29)35(44)40-31(23-28-17-11-8-12-18-28)36(45)42(5)33(38(47)48-6)25-30-21-15-10-16-22-30/h8-22,26,31-34H,7,23-25H2,1-6H3,(H,39,43)(H,40,44)/t26-,31-,32-,33-,34-/m0/s1. The van der Waals surface area contributed by atoms with Crippen LogP contribution in [0.2, 0.25) is 0 Å². The van der Waals surface area contributed by atoms with E-state index in [1.165, 1.54) is 30.9 Å². The zero-order valence-corrected chi connectivity index (χ0v) is 28.7. The maximum atomic E-state index is 14.3. The highest BCUT2D eigenvalue weighted by Crippen LogP contribution is 2.17. The Bertz CT molecular complexity index is 1500. The van der Waals surface area contributed by atoms with Crippen LogP contribution >= 0.6 is 0 Å². The van der Waals surface area contributed by atoms with Gasteiger partial charge in [-0.15, -0.1) is 0 Å². The molecule has 0 bridgehead atoms. The van der Waals surface area contributed by atoms with E-state index in [4.69, 9.17) is 4.74 Å². The fourth-order valence-electron chi connectivity index (χ4n) is 5.59. The van der Waals surface area contributed by atoms with Gasteiger partial charge in [0, 0.05) is 40.3 Å². The van der Waals surface area contributed by atoms with Crippen molar-refractivity contribution in [2.24, 2.45) is 5.92 Å². The van der Waals surface area contributed by atoms with Gasteiger partial charge in [0.1, 0.15) is 24.2 Å². The van der Waals surface area contributed by atoms with E-state index in [-0.39, 0.29) is 31.1 Å². The topological polar surface area (TPSA) is 125 Å². The Morgan fingerprint density at radius 1 is 0.667 bits per heavy atom. The molecule has 256 valence electrons. The molecule has 5 atom stereocenters. The minimum absolute atomic E-state index is 0.145. The molecular formula is C38H48N4O6. The number of rotatable bonds is 16. The Balaban J connectivity index is 1.99. The van der Waals surface area contributed by atoms with Gasteiger partial charge in [0.25, 0.3) is 0 Å². The van der Waals surface area contributed by atoms with E-state index in [0.29, 0.717) is 6.42 Å². The van der Waals surface area contributed by atoms with E-state index >= 15 is 0 Å². The fourth-order valence-corrected chi connectivity index (χ4v) is 5.59. The van der Waals surface area contributed by atoms with Crippen molar-refractivity contribution in [2.75, 3.05) is 21.2 Å². The summed E-state index contributed by atoms with van der Waals surface area (Å²) in [7, 11) is 4.34. The monoisotopic (exact) mass is 656 g/mol. The van der Waals surface area contributed by atoms with Gasteiger partial charge in [-0.2, -0.15) is 0 Å². The summed E-state index contributed by atoms with van der Waals surface area (Å²) in [6.07, 6.45) is 1.16. The van der Waals surface area contributed by atoms with Gasteiger partial charge in [-0.3, -0.25) is 19.2 Å². The van der Waals surface area contributed by atoms with E-state index in [1.807, 2.05) is 105 Å². The third-order valence-electron chi connectivity index (χ3n) is 8.68. The van der Waals surface area contributed by atoms with Crippen molar-refractivity contribution < 1.29 is 28.7 Å². The van der Waals surface area contributed by atoms with Crippen LogP contribution in [0.5, 0.6) is 0 Å². The predicted octanol–water partition coefficient (Wildman–Crippen LogP) is 3.58. The average Bonchev–Trinajstić information content (AvgIpc) is 3.10. The van der Waals surface area contributed by atoms with Gasteiger partial charge in [0.15, 0.2) is 0 Å². The van der Waals surface area contributed by atoms with E-state index < -0.39 is 47.9 Å². The van der Waals surface area contributed by atoms with Gasteiger partial charge in [0.05, 0.1) is 7.11 Å². The van der Waals surface area contributed by atoms with Crippen LogP contribution in [0, 0.1) is 5.92 Å². The second-order valence-corrected chi connectivity index (χ2v) is 12.1. The van der Waals surface area contributed by atoms with E-state index in [9.17, 15) is 24.0 Å². The molecule has 0 saturated carbocycles. The Morgan fingerprint density at radius 3 is 1.54 bits per heavy atom. The van der Waals surface area contributed by atoms with Gasteiger partial charge in [-0.1, -0.05) is 111 Å². The third-order valence-corrected chi connectivity index (χ3v) is 8.68. The summed E-state index contributed by atoms with van der Waals surface area (Å²) in [5.41, 5.74) is 2.46. The number of benzene rings is 3. The molecule has 0 radical (unpaired) electrons. The van der Waals surface area contributed by atoms with Crippen molar-refractivity contribution in [2.45, 2.75) is 70.6 Å². The summed E-state index contributed by atoms with van der Waals surface area (Å²) in [4.78, 5) is 70.2. The molecule has 10 heteroatoms. The minimum Gasteiger partial charge on any atom is -0.467 e. The van der Waals surface area contributed by atoms with Crippen molar-refractivity contribution in [1.82, 2.24) is 20.4 Å². The fraction of sp³-hybridized carbons (Fsp3) is 0.395. The maximum absolute atomic E-state index is 14.3. The van der Waals surface area contributed by atoms with Crippen LogP contribution in [-0.4, -0.2) is 84.8 Å². The van der Waals surface area contributed by atoms with Gasteiger partial charge in [-0.05, 0) is 22.6 Å². The molecular weight excluding hydrogens is 608 g/mol. The predicted molar refractivity (Wildman–Crippen MR) is 185 cm³/mol. The lowest BCUT2D eigenvalue weighted by Crippen LogP contribution is -2.60. The molecule has 0 aliphatic carbocycles. The first-order valence-electron chi connectivity index (χ1n) is 16.3. The molecule has 0 unspecified atom stereocenters. The first-order chi connectivity index (χ1) is 23.0. The Hall–Kier alpha value is -4.99. The largest absolute Gasteiger partial charge is 0.467 e. The van der Waals surface area contributed by atoms with Crippen molar-refractivity contribution in [3.8, 4) is 0 Å². The Morgan fingerprint density at radius 2 is 1.10 bits per heavy atom. The number of nitrogens with one attached hydrogen (secondary N) is 2. The van der Waals surface area contributed by atoms with Crippen molar-refractivity contribution in [3.05, 3.63) is 108 Å². The van der Waals surface area contributed by atoms with Crippen LogP contribution < -0.4 is 10.6 Å². The molecule has 3 rings (SSSR count). The van der Waals surface area contributed by atoms with Crippen LogP contribution in [0.1, 0.15) is 43.9 Å². The average molecular weight is 657 g/mol. The highest BCUT2D eigenvalue weighted by atomic mass is 16.5. The quantitative estimate of drug-likeness (QED) is 0.227. The van der Waals surface area contributed by atoms with Crippen LogP contribution in [0.3, 0.4) is 0 Å². The number of esters is 1.